The van der Waals surface area contributed by atoms with Crippen molar-refractivity contribution < 1.29 is 18.9 Å². The molecule has 0 bridgehead atoms. The van der Waals surface area contributed by atoms with Gasteiger partial charge in [-0.15, -0.1) is 0 Å². The summed E-state index contributed by atoms with van der Waals surface area (Å²) in [5, 5.41) is 9.66. The van der Waals surface area contributed by atoms with E-state index in [4.69, 9.17) is 18.9 Å². The van der Waals surface area contributed by atoms with Gasteiger partial charge in [-0.25, -0.2) is 0 Å². The Labute approximate surface area is 432 Å². The standard InChI is InChI=1S/C68H82O4/c1-7-13-19-21-31-49-45-61(69-41-15-9-3)65(55-37-27-23-33-51(49)55)67-57-39-29-25-35-53(57)59(47-63(67)71-43-17-11-5)60-48-64(72-44-18-12-6)68(58-40-30-26-36-54(58)60)66-56-38-28-24-34-52(56)50(32-22-20-14-8-2)46-62(66)70-42-16-10-4/h23-30,33-40,45-48H,7-22,31-32,41-44H2,1-6H3. The summed E-state index contributed by atoms with van der Waals surface area (Å²) in [6.07, 6.45) is 20.0. The van der Waals surface area contributed by atoms with Crippen molar-refractivity contribution in [3.63, 3.8) is 0 Å². The highest BCUT2D eigenvalue weighted by Gasteiger charge is 2.27. The van der Waals surface area contributed by atoms with Crippen LogP contribution in [0, 0.1) is 0 Å². The van der Waals surface area contributed by atoms with Gasteiger partial charge in [0.1, 0.15) is 23.0 Å². The summed E-state index contributed by atoms with van der Waals surface area (Å²) in [5.74, 6) is 3.66. The lowest BCUT2D eigenvalue weighted by atomic mass is 9.84. The van der Waals surface area contributed by atoms with Crippen LogP contribution >= 0.6 is 0 Å². The van der Waals surface area contributed by atoms with Crippen LogP contribution in [0.15, 0.2) is 121 Å². The first-order valence-corrected chi connectivity index (χ1v) is 28.3. The lowest BCUT2D eigenvalue weighted by molar-refractivity contribution is 0.306. The third-order valence-electron chi connectivity index (χ3n) is 14.6. The fraction of sp³-hybridized carbons (Fsp3) is 0.412. The topological polar surface area (TPSA) is 36.9 Å². The van der Waals surface area contributed by atoms with Gasteiger partial charge in [-0.2, -0.15) is 0 Å². The first-order chi connectivity index (χ1) is 35.6. The summed E-state index contributed by atoms with van der Waals surface area (Å²) >= 11 is 0. The molecule has 0 aliphatic carbocycles. The predicted octanol–water partition coefficient (Wildman–Crippen LogP) is 20.3. The molecule has 0 radical (unpaired) electrons. The maximum atomic E-state index is 7.13. The Hall–Kier alpha value is -6.00. The monoisotopic (exact) mass is 963 g/mol. The van der Waals surface area contributed by atoms with Gasteiger partial charge >= 0.3 is 0 Å². The van der Waals surface area contributed by atoms with Crippen molar-refractivity contribution in [2.45, 2.75) is 157 Å². The van der Waals surface area contributed by atoms with E-state index >= 15 is 0 Å². The molecule has 0 spiro atoms. The molecule has 4 heteroatoms. The molecule has 0 aromatic heterocycles. The lowest BCUT2D eigenvalue weighted by Gasteiger charge is -2.25. The molecule has 4 nitrogen and oxygen atoms in total. The van der Waals surface area contributed by atoms with E-state index in [1.165, 1.54) is 94.8 Å². The summed E-state index contributed by atoms with van der Waals surface area (Å²) in [4.78, 5) is 0. The van der Waals surface area contributed by atoms with Crippen LogP contribution in [0.4, 0.5) is 0 Å². The Kier molecular flexibility index (Phi) is 19.3. The number of rotatable bonds is 29. The van der Waals surface area contributed by atoms with Gasteiger partial charge in [-0.1, -0.05) is 203 Å². The quantitative estimate of drug-likeness (QED) is 0.0438. The zero-order valence-corrected chi connectivity index (χ0v) is 44.7. The van der Waals surface area contributed by atoms with Gasteiger partial charge in [0.05, 0.1) is 26.4 Å². The first-order valence-electron chi connectivity index (χ1n) is 28.3. The Bertz CT molecular complexity index is 2810. The van der Waals surface area contributed by atoms with Crippen molar-refractivity contribution in [3.05, 3.63) is 132 Å². The summed E-state index contributed by atoms with van der Waals surface area (Å²) in [6, 6.07) is 45.4. The zero-order chi connectivity index (χ0) is 50.1. The predicted molar refractivity (Wildman–Crippen MR) is 310 cm³/mol. The van der Waals surface area contributed by atoms with Crippen molar-refractivity contribution in [1.29, 1.82) is 0 Å². The average Bonchev–Trinajstić information content (AvgIpc) is 3.41. The Morgan fingerprint density at radius 3 is 0.833 bits per heavy atom. The molecule has 0 aliphatic heterocycles. The number of benzene rings is 8. The van der Waals surface area contributed by atoms with E-state index in [0.29, 0.717) is 26.4 Å². The van der Waals surface area contributed by atoms with E-state index in [1.54, 1.807) is 0 Å². The third kappa shape index (κ3) is 11.9. The maximum Gasteiger partial charge on any atom is 0.128 e. The normalized spacial score (nSPS) is 11.6. The molecular formula is C68H82O4. The Morgan fingerprint density at radius 2 is 0.528 bits per heavy atom. The Balaban J connectivity index is 1.42. The smallest absolute Gasteiger partial charge is 0.128 e. The van der Waals surface area contributed by atoms with Gasteiger partial charge in [0, 0.05) is 22.3 Å². The van der Waals surface area contributed by atoms with Crippen LogP contribution in [0.3, 0.4) is 0 Å². The molecule has 0 aliphatic rings. The molecule has 0 N–H and O–H groups in total. The fourth-order valence-electron chi connectivity index (χ4n) is 10.7. The molecule has 0 amide bonds. The number of unbranched alkanes of at least 4 members (excludes halogenated alkanes) is 10. The molecule has 0 saturated heterocycles. The van der Waals surface area contributed by atoms with Crippen molar-refractivity contribution in [3.8, 4) is 56.4 Å². The van der Waals surface area contributed by atoms with Gasteiger partial charge < -0.3 is 18.9 Å². The van der Waals surface area contributed by atoms with Crippen LogP contribution in [0.1, 0.15) is 155 Å². The molecule has 0 fully saturated rings. The van der Waals surface area contributed by atoms with Crippen LogP contribution in [-0.4, -0.2) is 26.4 Å². The molecule has 0 heterocycles. The lowest BCUT2D eigenvalue weighted by Crippen LogP contribution is -2.05. The summed E-state index contributed by atoms with van der Waals surface area (Å²) < 4.78 is 28.2. The molecule has 8 rings (SSSR count). The number of hydrogen-bond donors (Lipinski definition) is 0. The Morgan fingerprint density at radius 1 is 0.264 bits per heavy atom. The SMILES string of the molecule is CCCCCCc1cc(OCCCC)c(-c2c(OCCCC)cc(-c3cc(OCCCC)c(-c4c(OCCCC)cc(CCCCCC)c5ccccc45)c4ccccc34)c3ccccc23)c2ccccc12. The van der Waals surface area contributed by atoms with Crippen LogP contribution in [0.5, 0.6) is 23.0 Å². The van der Waals surface area contributed by atoms with Crippen molar-refractivity contribution >= 4 is 43.1 Å². The average molecular weight is 963 g/mol. The molecule has 0 saturated carbocycles. The van der Waals surface area contributed by atoms with Crippen molar-refractivity contribution in [2.75, 3.05) is 26.4 Å². The number of fused-ring (bicyclic) bond motifs is 4. The highest BCUT2D eigenvalue weighted by molar-refractivity contribution is 6.19. The molecule has 8 aromatic rings. The minimum absolute atomic E-state index is 0.619. The first kappa shape index (κ1) is 52.3. The van der Waals surface area contributed by atoms with Crippen LogP contribution in [-0.2, 0) is 12.8 Å². The van der Waals surface area contributed by atoms with Gasteiger partial charge in [0.2, 0.25) is 0 Å². The van der Waals surface area contributed by atoms with E-state index in [9.17, 15) is 0 Å². The highest BCUT2D eigenvalue weighted by atomic mass is 16.5. The molecular weight excluding hydrogens is 881 g/mol. The van der Waals surface area contributed by atoms with E-state index in [2.05, 4.69) is 163 Å². The van der Waals surface area contributed by atoms with Crippen LogP contribution in [0.25, 0.3) is 76.5 Å². The number of aryl methyl sites for hydroxylation is 2. The zero-order valence-electron chi connectivity index (χ0n) is 44.7. The van der Waals surface area contributed by atoms with Crippen molar-refractivity contribution in [1.82, 2.24) is 0 Å². The maximum absolute atomic E-state index is 7.13. The van der Waals surface area contributed by atoms with Crippen molar-refractivity contribution in [2.24, 2.45) is 0 Å². The molecule has 0 unspecified atom stereocenters. The summed E-state index contributed by atoms with van der Waals surface area (Å²) in [5.41, 5.74) is 9.41. The van der Waals surface area contributed by atoms with Gasteiger partial charge in [-0.3, -0.25) is 0 Å². The summed E-state index contributed by atoms with van der Waals surface area (Å²) in [7, 11) is 0. The number of hydrogen-bond acceptors (Lipinski definition) is 4. The molecule has 8 aromatic carbocycles. The molecule has 378 valence electrons. The molecule has 72 heavy (non-hydrogen) atoms. The minimum atomic E-state index is 0.619. The minimum Gasteiger partial charge on any atom is -0.493 e. The summed E-state index contributed by atoms with van der Waals surface area (Å²) in [6.45, 7) is 16.1. The third-order valence-corrected chi connectivity index (χ3v) is 14.6. The van der Waals surface area contributed by atoms with Crippen LogP contribution in [0.2, 0.25) is 0 Å². The largest absolute Gasteiger partial charge is 0.493 e. The van der Waals surface area contributed by atoms with Crippen LogP contribution < -0.4 is 18.9 Å². The second-order valence-electron chi connectivity index (χ2n) is 20.0. The second-order valence-corrected chi connectivity index (χ2v) is 20.0. The second kappa shape index (κ2) is 26.6. The number of ether oxygens (including phenoxy) is 4. The van der Waals surface area contributed by atoms with Gasteiger partial charge in [0.25, 0.3) is 0 Å². The van der Waals surface area contributed by atoms with E-state index in [0.717, 1.165) is 131 Å². The molecule has 0 atom stereocenters. The van der Waals surface area contributed by atoms with E-state index in [1.807, 2.05) is 0 Å². The van der Waals surface area contributed by atoms with E-state index in [-0.39, 0.29) is 0 Å². The fourth-order valence-corrected chi connectivity index (χ4v) is 10.7. The van der Waals surface area contributed by atoms with E-state index < -0.39 is 0 Å². The van der Waals surface area contributed by atoms with Gasteiger partial charge in [-0.05, 0) is 141 Å². The van der Waals surface area contributed by atoms with Gasteiger partial charge in [0.15, 0.2) is 0 Å². The highest BCUT2D eigenvalue weighted by Crippen LogP contribution is 2.53.